The Morgan fingerprint density at radius 1 is 1.00 bits per heavy atom. The minimum atomic E-state index is -2.87. The predicted octanol–water partition coefficient (Wildman–Crippen LogP) is 3.59. The molecule has 25 heavy (non-hydrogen) atoms. The minimum Gasteiger partial charge on any atom is -0.491 e. The van der Waals surface area contributed by atoms with Crippen molar-refractivity contribution < 1.29 is 23.4 Å². The van der Waals surface area contributed by atoms with Gasteiger partial charge in [0.1, 0.15) is 24.2 Å². The highest BCUT2D eigenvalue weighted by atomic mass is 19.3. The lowest BCUT2D eigenvalue weighted by atomic mass is 10.1. The van der Waals surface area contributed by atoms with Crippen molar-refractivity contribution in [2.45, 2.75) is 12.7 Å². The van der Waals surface area contributed by atoms with Gasteiger partial charge in [-0.1, -0.05) is 12.1 Å². The molecule has 0 spiro atoms. The molecule has 0 aliphatic heterocycles. The second kappa shape index (κ2) is 7.76. The van der Waals surface area contributed by atoms with Crippen LogP contribution >= 0.6 is 0 Å². The lowest BCUT2D eigenvalue weighted by Crippen LogP contribution is -2.10. The number of aliphatic hydroxyl groups excluding tert-OH is 1. The van der Waals surface area contributed by atoms with E-state index in [1.807, 2.05) is 22.9 Å². The molecule has 0 aliphatic carbocycles. The molecule has 0 amide bonds. The van der Waals surface area contributed by atoms with Gasteiger partial charge in [-0.25, -0.2) is 4.98 Å². The normalized spacial score (nSPS) is 12.2. The summed E-state index contributed by atoms with van der Waals surface area (Å²) in [6.07, 6.45) is 4.34. The first-order valence-corrected chi connectivity index (χ1v) is 7.56. The molecular formula is C18H16F2N2O3. The summed E-state index contributed by atoms with van der Waals surface area (Å²) in [5, 5.41) is 10.1. The number of benzene rings is 2. The van der Waals surface area contributed by atoms with E-state index in [1.165, 1.54) is 24.3 Å². The fraction of sp³-hybridized carbons (Fsp3) is 0.167. The molecular weight excluding hydrogens is 330 g/mol. The quantitative estimate of drug-likeness (QED) is 0.710. The number of aromatic nitrogens is 2. The molecule has 0 saturated heterocycles. The Kier molecular flexibility index (Phi) is 5.25. The number of ether oxygens (including phenoxy) is 2. The Morgan fingerprint density at radius 2 is 1.68 bits per heavy atom. The zero-order valence-electron chi connectivity index (χ0n) is 13.1. The van der Waals surface area contributed by atoms with Crippen LogP contribution in [0.1, 0.15) is 11.7 Å². The summed E-state index contributed by atoms with van der Waals surface area (Å²) in [5.74, 6) is 0.655. The van der Waals surface area contributed by atoms with Gasteiger partial charge in [0.05, 0.1) is 6.33 Å². The summed E-state index contributed by atoms with van der Waals surface area (Å²) in [6.45, 7) is -2.83. The van der Waals surface area contributed by atoms with Crippen molar-refractivity contribution in [2.75, 3.05) is 6.61 Å². The average molecular weight is 346 g/mol. The van der Waals surface area contributed by atoms with Gasteiger partial charge < -0.3 is 19.1 Å². The summed E-state index contributed by atoms with van der Waals surface area (Å²) < 4.78 is 35.9. The van der Waals surface area contributed by atoms with E-state index < -0.39 is 12.7 Å². The highest BCUT2D eigenvalue weighted by Crippen LogP contribution is 2.21. The number of aliphatic hydroxyl groups is 1. The molecule has 0 aliphatic rings. The highest BCUT2D eigenvalue weighted by molar-refractivity contribution is 5.37. The van der Waals surface area contributed by atoms with Crippen LogP contribution in [0.4, 0.5) is 8.78 Å². The van der Waals surface area contributed by atoms with Crippen LogP contribution in [0.15, 0.2) is 67.3 Å². The standard InChI is InChI=1S/C18H16F2N2O3/c19-18(20)25-16-5-1-13(2-6-16)17(23)11-24-15-7-3-14(4-8-15)22-10-9-21-12-22/h1-10,12,17-18,23H,11H2. The van der Waals surface area contributed by atoms with Crippen molar-refractivity contribution in [1.29, 1.82) is 0 Å². The number of hydrogen-bond acceptors (Lipinski definition) is 4. The van der Waals surface area contributed by atoms with Gasteiger partial charge >= 0.3 is 6.61 Å². The third kappa shape index (κ3) is 4.54. The van der Waals surface area contributed by atoms with Gasteiger partial charge in [0.25, 0.3) is 0 Å². The van der Waals surface area contributed by atoms with Crippen molar-refractivity contribution in [2.24, 2.45) is 0 Å². The molecule has 2 aromatic carbocycles. The molecule has 0 bridgehead atoms. The van der Waals surface area contributed by atoms with Gasteiger partial charge in [0.2, 0.25) is 0 Å². The molecule has 0 fully saturated rings. The van der Waals surface area contributed by atoms with E-state index in [0.29, 0.717) is 11.3 Å². The Labute approximate surface area is 143 Å². The third-order valence-corrected chi connectivity index (χ3v) is 3.54. The molecule has 1 heterocycles. The molecule has 5 nitrogen and oxygen atoms in total. The number of alkyl halides is 2. The second-order valence-electron chi connectivity index (χ2n) is 5.24. The number of halogens is 2. The summed E-state index contributed by atoms with van der Waals surface area (Å²) in [5.41, 5.74) is 1.50. The summed E-state index contributed by atoms with van der Waals surface area (Å²) in [6, 6.07) is 13.1. The second-order valence-corrected chi connectivity index (χ2v) is 5.24. The van der Waals surface area contributed by atoms with E-state index in [-0.39, 0.29) is 12.4 Å². The zero-order chi connectivity index (χ0) is 17.6. The van der Waals surface area contributed by atoms with Crippen molar-refractivity contribution in [3.8, 4) is 17.2 Å². The van der Waals surface area contributed by atoms with Gasteiger partial charge in [-0.3, -0.25) is 0 Å². The van der Waals surface area contributed by atoms with E-state index in [4.69, 9.17) is 4.74 Å². The fourth-order valence-electron chi connectivity index (χ4n) is 2.27. The Balaban J connectivity index is 1.55. The van der Waals surface area contributed by atoms with Crippen LogP contribution in [0.3, 0.4) is 0 Å². The largest absolute Gasteiger partial charge is 0.491 e. The SMILES string of the molecule is OC(COc1ccc(-n2ccnc2)cc1)c1ccc(OC(F)F)cc1. The summed E-state index contributed by atoms with van der Waals surface area (Å²) in [7, 11) is 0. The molecule has 1 atom stereocenters. The molecule has 1 N–H and O–H groups in total. The number of imidazole rings is 1. The van der Waals surface area contributed by atoms with Gasteiger partial charge in [-0.05, 0) is 42.0 Å². The third-order valence-electron chi connectivity index (χ3n) is 3.54. The maximum absolute atomic E-state index is 12.1. The Bertz CT molecular complexity index is 775. The fourth-order valence-corrected chi connectivity index (χ4v) is 2.27. The lowest BCUT2D eigenvalue weighted by molar-refractivity contribution is -0.0498. The Hall–Kier alpha value is -2.93. The van der Waals surface area contributed by atoms with E-state index in [2.05, 4.69) is 9.72 Å². The van der Waals surface area contributed by atoms with Crippen LogP contribution in [-0.2, 0) is 0 Å². The predicted molar refractivity (Wildman–Crippen MR) is 87.1 cm³/mol. The molecule has 1 aromatic heterocycles. The molecule has 0 radical (unpaired) electrons. The minimum absolute atomic E-state index is 0.0411. The van der Waals surface area contributed by atoms with Crippen LogP contribution in [0.25, 0.3) is 5.69 Å². The van der Waals surface area contributed by atoms with Gasteiger partial charge in [0.15, 0.2) is 0 Å². The first-order valence-electron chi connectivity index (χ1n) is 7.56. The highest BCUT2D eigenvalue weighted by Gasteiger charge is 2.10. The molecule has 3 rings (SSSR count). The van der Waals surface area contributed by atoms with Crippen LogP contribution in [0.5, 0.6) is 11.5 Å². The van der Waals surface area contributed by atoms with Gasteiger partial charge in [-0.15, -0.1) is 0 Å². The van der Waals surface area contributed by atoms with Crippen molar-refractivity contribution >= 4 is 0 Å². The van der Waals surface area contributed by atoms with Gasteiger partial charge in [0, 0.05) is 18.1 Å². The summed E-state index contributed by atoms with van der Waals surface area (Å²) >= 11 is 0. The van der Waals surface area contributed by atoms with E-state index in [0.717, 1.165) is 5.69 Å². The average Bonchev–Trinajstić information content (AvgIpc) is 3.15. The number of hydrogen-bond donors (Lipinski definition) is 1. The Morgan fingerprint density at radius 3 is 2.28 bits per heavy atom. The van der Waals surface area contributed by atoms with E-state index in [9.17, 15) is 13.9 Å². The number of rotatable bonds is 7. The van der Waals surface area contributed by atoms with Crippen LogP contribution in [0.2, 0.25) is 0 Å². The summed E-state index contributed by atoms with van der Waals surface area (Å²) in [4.78, 5) is 3.98. The zero-order valence-corrected chi connectivity index (χ0v) is 13.1. The van der Waals surface area contributed by atoms with Gasteiger partial charge in [-0.2, -0.15) is 8.78 Å². The molecule has 1 unspecified atom stereocenters. The molecule has 7 heteroatoms. The maximum atomic E-state index is 12.1. The maximum Gasteiger partial charge on any atom is 0.387 e. The van der Waals surface area contributed by atoms with Crippen LogP contribution < -0.4 is 9.47 Å². The first-order chi connectivity index (χ1) is 12.1. The van der Waals surface area contributed by atoms with Crippen LogP contribution in [0, 0.1) is 0 Å². The molecule has 130 valence electrons. The van der Waals surface area contributed by atoms with Crippen molar-refractivity contribution in [3.63, 3.8) is 0 Å². The smallest absolute Gasteiger partial charge is 0.387 e. The van der Waals surface area contributed by atoms with E-state index in [1.54, 1.807) is 24.7 Å². The molecule has 0 saturated carbocycles. The first kappa shape index (κ1) is 16.9. The monoisotopic (exact) mass is 346 g/mol. The van der Waals surface area contributed by atoms with Crippen LogP contribution in [-0.4, -0.2) is 27.9 Å². The van der Waals surface area contributed by atoms with Crippen molar-refractivity contribution in [1.82, 2.24) is 9.55 Å². The van der Waals surface area contributed by atoms with Crippen molar-refractivity contribution in [3.05, 3.63) is 72.8 Å². The lowest BCUT2D eigenvalue weighted by Gasteiger charge is -2.14. The van der Waals surface area contributed by atoms with E-state index >= 15 is 0 Å². The number of nitrogens with zero attached hydrogens (tertiary/aromatic N) is 2. The topological polar surface area (TPSA) is 56.5 Å². The molecule has 3 aromatic rings.